The molecule has 1 aromatic heterocycles. The van der Waals surface area contributed by atoms with E-state index < -0.39 is 17.6 Å². The largest absolute Gasteiger partial charge is 0.299 e. The number of carbonyl (C=O) groups excluding carboxylic acids is 1. The monoisotopic (exact) mass is 497 g/mol. The van der Waals surface area contributed by atoms with Crippen LogP contribution in [0.25, 0.3) is 16.7 Å². The number of ketones is 1. The molecule has 0 fully saturated rings. The first-order valence-electron chi connectivity index (χ1n) is 12.3. The van der Waals surface area contributed by atoms with Crippen LogP contribution in [0.5, 0.6) is 0 Å². The molecular formula is C32H26F3NO. The highest BCUT2D eigenvalue weighted by Crippen LogP contribution is 2.35. The van der Waals surface area contributed by atoms with Crippen LogP contribution in [0.3, 0.4) is 0 Å². The van der Waals surface area contributed by atoms with Crippen LogP contribution >= 0.6 is 0 Å². The molecule has 0 saturated carbocycles. The van der Waals surface area contributed by atoms with Crippen LogP contribution in [-0.2, 0) is 17.6 Å². The molecule has 0 spiro atoms. The molecule has 3 aromatic carbocycles. The number of fused-ring (bicyclic) bond motifs is 1. The van der Waals surface area contributed by atoms with Gasteiger partial charge in [0.15, 0.2) is 0 Å². The third kappa shape index (κ3) is 5.72. The predicted molar refractivity (Wildman–Crippen MR) is 140 cm³/mol. The molecule has 1 atom stereocenters. The molecule has 0 bridgehead atoms. The van der Waals surface area contributed by atoms with Gasteiger partial charge in [0.05, 0.1) is 5.69 Å². The van der Waals surface area contributed by atoms with E-state index in [1.165, 1.54) is 24.3 Å². The highest BCUT2D eigenvalue weighted by molar-refractivity contribution is 5.92. The van der Waals surface area contributed by atoms with E-state index in [4.69, 9.17) is 0 Å². The molecule has 1 aliphatic carbocycles. The fourth-order valence-electron chi connectivity index (χ4n) is 5.17. The molecule has 5 rings (SSSR count). The maximum absolute atomic E-state index is 14.0. The number of aryl methyl sites for hydroxylation is 1. The van der Waals surface area contributed by atoms with E-state index in [2.05, 4.69) is 11.1 Å². The van der Waals surface area contributed by atoms with Crippen molar-refractivity contribution in [3.05, 3.63) is 130 Å². The van der Waals surface area contributed by atoms with Crippen molar-refractivity contribution >= 4 is 11.4 Å². The number of aromatic nitrogens is 1. The second-order valence-corrected chi connectivity index (χ2v) is 9.64. The van der Waals surface area contributed by atoms with Crippen molar-refractivity contribution in [2.24, 2.45) is 0 Å². The minimum atomic E-state index is -0.658. The standard InChI is InChI=1S/C32H26F3NO/c1-20-4-2-5-23(12-20)30-6-3-11-36-32(30)25(13-21-14-27(34)18-28(35)15-21)17-29(37)16-24-8-7-22-9-10-26(33)19-31(22)24/h2-6,8-12,14-15,18-19,25H,7,13,16-17H2,1H3/t25-/m1/s1. The van der Waals surface area contributed by atoms with Crippen LogP contribution < -0.4 is 0 Å². The van der Waals surface area contributed by atoms with E-state index in [9.17, 15) is 18.0 Å². The Balaban J connectivity index is 1.47. The van der Waals surface area contributed by atoms with Crippen LogP contribution in [0.1, 0.15) is 46.7 Å². The van der Waals surface area contributed by atoms with E-state index in [0.717, 1.165) is 39.5 Å². The van der Waals surface area contributed by atoms with Crippen LogP contribution in [-0.4, -0.2) is 10.8 Å². The predicted octanol–water partition coefficient (Wildman–Crippen LogP) is 7.79. The molecule has 5 heteroatoms. The van der Waals surface area contributed by atoms with Crippen LogP contribution in [0.2, 0.25) is 0 Å². The first kappa shape index (κ1) is 24.7. The second kappa shape index (κ2) is 10.6. The van der Waals surface area contributed by atoms with Crippen LogP contribution in [0, 0.1) is 24.4 Å². The van der Waals surface area contributed by atoms with Crippen molar-refractivity contribution in [3.63, 3.8) is 0 Å². The van der Waals surface area contributed by atoms with Gasteiger partial charge < -0.3 is 0 Å². The average Bonchev–Trinajstić information content (AvgIpc) is 3.24. The molecular weight excluding hydrogens is 471 g/mol. The van der Waals surface area contributed by atoms with E-state index >= 15 is 0 Å². The number of nitrogens with zero attached hydrogens (tertiary/aromatic N) is 1. The molecule has 2 nitrogen and oxygen atoms in total. The molecule has 186 valence electrons. The van der Waals surface area contributed by atoms with E-state index in [0.29, 0.717) is 17.7 Å². The lowest BCUT2D eigenvalue weighted by Gasteiger charge is -2.20. The molecule has 0 amide bonds. The Morgan fingerprint density at radius 2 is 1.70 bits per heavy atom. The molecule has 1 aliphatic rings. The number of rotatable bonds is 8. The maximum atomic E-state index is 14.0. The Bertz CT molecular complexity index is 1490. The zero-order valence-electron chi connectivity index (χ0n) is 20.5. The Hall–Kier alpha value is -3.99. The van der Waals surface area contributed by atoms with Gasteiger partial charge in [-0.25, -0.2) is 13.2 Å². The topological polar surface area (TPSA) is 30.0 Å². The zero-order valence-corrected chi connectivity index (χ0v) is 20.5. The summed E-state index contributed by atoms with van der Waals surface area (Å²) in [4.78, 5) is 18.0. The molecule has 0 radical (unpaired) electrons. The minimum absolute atomic E-state index is 0.0360. The first-order chi connectivity index (χ1) is 17.9. The van der Waals surface area contributed by atoms with Crippen molar-refractivity contribution in [1.29, 1.82) is 0 Å². The highest BCUT2D eigenvalue weighted by Gasteiger charge is 2.24. The Kier molecular flexibility index (Phi) is 7.04. The number of halogens is 3. The van der Waals surface area contributed by atoms with Crippen LogP contribution in [0.15, 0.2) is 85.1 Å². The van der Waals surface area contributed by atoms with E-state index in [1.807, 2.05) is 43.3 Å². The van der Waals surface area contributed by atoms with E-state index in [-0.39, 0.29) is 30.9 Å². The van der Waals surface area contributed by atoms with Gasteiger partial charge in [0.2, 0.25) is 0 Å². The maximum Gasteiger partial charge on any atom is 0.137 e. The third-order valence-corrected chi connectivity index (χ3v) is 6.81. The fourth-order valence-corrected chi connectivity index (χ4v) is 5.17. The van der Waals surface area contributed by atoms with E-state index in [1.54, 1.807) is 12.3 Å². The Morgan fingerprint density at radius 3 is 2.49 bits per heavy atom. The highest BCUT2D eigenvalue weighted by atomic mass is 19.1. The van der Waals surface area contributed by atoms with Gasteiger partial charge in [-0.2, -0.15) is 0 Å². The molecule has 37 heavy (non-hydrogen) atoms. The number of carbonyl (C=O) groups is 1. The van der Waals surface area contributed by atoms with Crippen molar-refractivity contribution in [2.45, 2.75) is 38.5 Å². The number of hydrogen-bond acceptors (Lipinski definition) is 2. The summed E-state index contributed by atoms with van der Waals surface area (Å²) in [7, 11) is 0. The van der Waals surface area contributed by atoms with Crippen LogP contribution in [0.4, 0.5) is 13.2 Å². The SMILES string of the molecule is Cc1cccc(-c2cccnc2[C@@H](CC(=O)CC2=CCc3ccc(F)cc32)Cc2cc(F)cc(F)c2)c1. The number of hydrogen-bond donors (Lipinski definition) is 0. The molecule has 0 saturated heterocycles. The van der Waals surface area contributed by atoms with Gasteiger partial charge in [0.1, 0.15) is 23.2 Å². The lowest BCUT2D eigenvalue weighted by atomic mass is 9.85. The first-order valence-corrected chi connectivity index (χ1v) is 12.3. The summed E-state index contributed by atoms with van der Waals surface area (Å²) in [5, 5.41) is 0. The quantitative estimate of drug-likeness (QED) is 0.249. The summed E-state index contributed by atoms with van der Waals surface area (Å²) >= 11 is 0. The lowest BCUT2D eigenvalue weighted by molar-refractivity contribution is -0.118. The Morgan fingerprint density at radius 1 is 0.892 bits per heavy atom. The van der Waals surface area contributed by atoms with Crippen molar-refractivity contribution in [1.82, 2.24) is 4.98 Å². The van der Waals surface area contributed by atoms with Crippen molar-refractivity contribution in [2.75, 3.05) is 0 Å². The summed E-state index contributed by atoms with van der Waals surface area (Å²) < 4.78 is 41.9. The third-order valence-electron chi connectivity index (χ3n) is 6.81. The van der Waals surface area contributed by atoms with Crippen molar-refractivity contribution < 1.29 is 18.0 Å². The van der Waals surface area contributed by atoms with Gasteiger partial charge in [-0.15, -0.1) is 0 Å². The van der Waals surface area contributed by atoms with Crippen molar-refractivity contribution in [3.8, 4) is 11.1 Å². The number of benzene rings is 3. The van der Waals surface area contributed by atoms with Gasteiger partial charge >= 0.3 is 0 Å². The molecule has 4 aromatic rings. The van der Waals surface area contributed by atoms with Gasteiger partial charge in [0, 0.05) is 36.6 Å². The second-order valence-electron chi connectivity index (χ2n) is 9.64. The molecule has 0 unspecified atom stereocenters. The Labute approximate surface area is 214 Å². The lowest BCUT2D eigenvalue weighted by Crippen LogP contribution is -2.13. The van der Waals surface area contributed by atoms with Gasteiger partial charge in [-0.05, 0) is 77.9 Å². The fraction of sp³-hybridized carbons (Fsp3) is 0.188. The van der Waals surface area contributed by atoms with Gasteiger partial charge in [-0.1, -0.05) is 48.0 Å². The average molecular weight is 498 g/mol. The molecule has 0 aliphatic heterocycles. The summed E-state index contributed by atoms with van der Waals surface area (Å²) in [5.74, 6) is -2.09. The smallest absolute Gasteiger partial charge is 0.137 e. The normalized spacial score (nSPS) is 13.2. The number of pyridine rings is 1. The molecule has 0 N–H and O–H groups in total. The summed E-state index contributed by atoms with van der Waals surface area (Å²) in [6.07, 6.45) is 4.87. The summed E-state index contributed by atoms with van der Waals surface area (Å²) in [5.41, 5.74) is 6.70. The number of Topliss-reactive ketones (excluding diaryl/α,β-unsaturated/α-hetero) is 1. The zero-order chi connectivity index (χ0) is 25.9. The number of allylic oxidation sites excluding steroid dienone is 2. The van der Waals surface area contributed by atoms with Gasteiger partial charge in [-0.3, -0.25) is 9.78 Å². The van der Waals surface area contributed by atoms with Gasteiger partial charge in [0.25, 0.3) is 0 Å². The minimum Gasteiger partial charge on any atom is -0.299 e. The summed E-state index contributed by atoms with van der Waals surface area (Å²) in [6.45, 7) is 2.01. The molecule has 1 heterocycles. The summed E-state index contributed by atoms with van der Waals surface area (Å²) in [6, 6.07) is 19.9.